The molecule has 0 spiro atoms. The molecule has 5 nitrogen and oxygen atoms in total. The molecule has 0 fully saturated rings. The molecule has 114 valence electrons. The zero-order chi connectivity index (χ0) is 15.2. The number of sulfonamides is 1. The first kappa shape index (κ1) is 16.9. The van der Waals surface area contributed by atoms with Crippen molar-refractivity contribution in [1.29, 1.82) is 0 Å². The maximum Gasteiger partial charge on any atom is 0.243 e. The zero-order valence-electron chi connectivity index (χ0n) is 11.9. The summed E-state index contributed by atoms with van der Waals surface area (Å²) in [7, 11) is -3.86. The van der Waals surface area contributed by atoms with E-state index in [1.165, 1.54) is 6.07 Å². The van der Waals surface area contributed by atoms with Gasteiger partial charge in [-0.25, -0.2) is 17.5 Å². The number of hydrogen-bond acceptors (Lipinski definition) is 4. The molecule has 0 saturated carbocycles. The predicted octanol–water partition coefficient (Wildman–Crippen LogP) is 1.42. The highest BCUT2D eigenvalue weighted by Crippen LogP contribution is 2.17. The number of halogens is 1. The van der Waals surface area contributed by atoms with Gasteiger partial charge in [-0.1, -0.05) is 13.8 Å². The van der Waals surface area contributed by atoms with E-state index in [2.05, 4.69) is 16.5 Å². The van der Waals surface area contributed by atoms with Crippen molar-refractivity contribution in [3.8, 4) is 0 Å². The van der Waals surface area contributed by atoms with Crippen LogP contribution in [0.5, 0.6) is 0 Å². The predicted molar refractivity (Wildman–Crippen MR) is 78.4 cm³/mol. The molecule has 0 bridgehead atoms. The molecule has 0 aliphatic carbocycles. The lowest BCUT2D eigenvalue weighted by atomic mass is 10.3. The molecule has 0 aliphatic rings. The quantitative estimate of drug-likeness (QED) is 0.712. The number of benzene rings is 1. The van der Waals surface area contributed by atoms with Gasteiger partial charge in [-0.2, -0.15) is 0 Å². The van der Waals surface area contributed by atoms with Gasteiger partial charge in [-0.15, -0.1) is 0 Å². The highest BCUT2D eigenvalue weighted by molar-refractivity contribution is 7.89. The van der Waals surface area contributed by atoms with Crippen LogP contribution in [-0.4, -0.2) is 39.5 Å². The van der Waals surface area contributed by atoms with Gasteiger partial charge in [0.25, 0.3) is 0 Å². The van der Waals surface area contributed by atoms with E-state index in [0.717, 1.165) is 31.6 Å². The molecule has 0 aliphatic heterocycles. The lowest BCUT2D eigenvalue weighted by Gasteiger charge is -2.19. The molecule has 1 aromatic rings. The summed E-state index contributed by atoms with van der Waals surface area (Å²) in [4.78, 5) is 1.72. The fourth-order valence-corrected chi connectivity index (χ4v) is 3.02. The molecule has 0 radical (unpaired) electrons. The van der Waals surface area contributed by atoms with Crippen LogP contribution in [0.3, 0.4) is 0 Å². The number of hydrogen-bond donors (Lipinski definition) is 2. The van der Waals surface area contributed by atoms with Gasteiger partial charge >= 0.3 is 0 Å². The summed E-state index contributed by atoms with van der Waals surface area (Å²) in [5, 5.41) is 0. The molecule has 0 aromatic heterocycles. The van der Waals surface area contributed by atoms with Crippen molar-refractivity contribution >= 4 is 15.7 Å². The van der Waals surface area contributed by atoms with Crippen LogP contribution < -0.4 is 10.5 Å². The summed E-state index contributed by atoms with van der Waals surface area (Å²) >= 11 is 0. The van der Waals surface area contributed by atoms with Crippen molar-refractivity contribution in [3.05, 3.63) is 24.0 Å². The van der Waals surface area contributed by atoms with E-state index in [0.29, 0.717) is 6.54 Å². The Morgan fingerprint density at radius 1 is 1.30 bits per heavy atom. The highest BCUT2D eigenvalue weighted by Gasteiger charge is 2.19. The second-order valence-electron chi connectivity index (χ2n) is 4.52. The maximum atomic E-state index is 13.6. The first-order valence-electron chi connectivity index (χ1n) is 6.67. The maximum absolute atomic E-state index is 13.6. The van der Waals surface area contributed by atoms with Crippen molar-refractivity contribution in [2.45, 2.75) is 25.2 Å². The third-order valence-corrected chi connectivity index (χ3v) is 4.43. The molecule has 0 amide bonds. The fourth-order valence-electron chi connectivity index (χ4n) is 1.89. The van der Waals surface area contributed by atoms with Gasteiger partial charge in [0.1, 0.15) is 10.7 Å². The van der Waals surface area contributed by atoms with Crippen LogP contribution in [0.2, 0.25) is 0 Å². The molecule has 0 atom stereocenters. The first-order valence-corrected chi connectivity index (χ1v) is 8.16. The standard InChI is InChI=1S/C13H22FN3O2S/c1-3-8-17(4-2)9-7-16-20(18,19)13-10-11(15)5-6-12(13)14/h5-6,10,16H,3-4,7-9,15H2,1-2H3. The topological polar surface area (TPSA) is 75.4 Å². The van der Waals surface area contributed by atoms with Gasteiger partial charge in [-0.05, 0) is 37.7 Å². The van der Waals surface area contributed by atoms with Gasteiger partial charge in [0.2, 0.25) is 10.0 Å². The second-order valence-corrected chi connectivity index (χ2v) is 6.26. The fraction of sp³-hybridized carbons (Fsp3) is 0.538. The van der Waals surface area contributed by atoms with Crippen LogP contribution >= 0.6 is 0 Å². The molecule has 7 heteroatoms. The Morgan fingerprint density at radius 3 is 2.60 bits per heavy atom. The molecule has 0 unspecified atom stereocenters. The Balaban J connectivity index is 2.68. The van der Waals surface area contributed by atoms with Gasteiger partial charge in [0, 0.05) is 18.8 Å². The molecule has 1 rings (SSSR count). The Hall–Kier alpha value is -1.18. The number of rotatable bonds is 8. The summed E-state index contributed by atoms with van der Waals surface area (Å²) in [6.07, 6.45) is 1.00. The summed E-state index contributed by atoms with van der Waals surface area (Å²) in [6, 6.07) is 3.51. The molecule has 0 saturated heterocycles. The summed E-state index contributed by atoms with van der Waals surface area (Å²) < 4.78 is 40.0. The average Bonchev–Trinajstić information content (AvgIpc) is 2.40. The molecule has 1 aromatic carbocycles. The van der Waals surface area contributed by atoms with Crippen LogP contribution in [0.4, 0.5) is 10.1 Å². The van der Waals surface area contributed by atoms with E-state index >= 15 is 0 Å². The van der Waals surface area contributed by atoms with Crippen LogP contribution in [0, 0.1) is 5.82 Å². The van der Waals surface area contributed by atoms with Gasteiger partial charge < -0.3 is 10.6 Å². The van der Waals surface area contributed by atoms with E-state index in [4.69, 9.17) is 5.73 Å². The second kappa shape index (κ2) is 7.56. The minimum atomic E-state index is -3.86. The van der Waals surface area contributed by atoms with Crippen molar-refractivity contribution in [2.24, 2.45) is 0 Å². The van der Waals surface area contributed by atoms with E-state index in [-0.39, 0.29) is 12.2 Å². The smallest absolute Gasteiger partial charge is 0.243 e. The molecule has 20 heavy (non-hydrogen) atoms. The summed E-state index contributed by atoms with van der Waals surface area (Å²) in [5.41, 5.74) is 5.71. The third kappa shape index (κ3) is 4.73. The van der Waals surface area contributed by atoms with E-state index < -0.39 is 20.7 Å². The van der Waals surface area contributed by atoms with Crippen LogP contribution in [-0.2, 0) is 10.0 Å². The van der Waals surface area contributed by atoms with Crippen LogP contribution in [0.1, 0.15) is 20.3 Å². The first-order chi connectivity index (χ1) is 9.40. The SMILES string of the molecule is CCCN(CC)CCNS(=O)(=O)c1cc(N)ccc1F. The van der Waals surface area contributed by atoms with Crippen LogP contribution in [0.25, 0.3) is 0 Å². The molecular weight excluding hydrogens is 281 g/mol. The Kier molecular flexibility index (Phi) is 6.38. The number of nitrogens with one attached hydrogen (secondary N) is 1. The monoisotopic (exact) mass is 303 g/mol. The third-order valence-electron chi connectivity index (χ3n) is 2.95. The summed E-state index contributed by atoms with van der Waals surface area (Å²) in [6.45, 7) is 6.67. The Morgan fingerprint density at radius 2 is 2.00 bits per heavy atom. The number of likely N-dealkylation sites (N-methyl/N-ethyl adjacent to an activating group) is 1. The lowest BCUT2D eigenvalue weighted by molar-refractivity contribution is 0.293. The van der Waals surface area contributed by atoms with E-state index in [9.17, 15) is 12.8 Å². The van der Waals surface area contributed by atoms with Gasteiger partial charge in [-0.3, -0.25) is 0 Å². The Bertz CT molecular complexity index is 534. The minimum Gasteiger partial charge on any atom is -0.399 e. The molecular formula is C13H22FN3O2S. The average molecular weight is 303 g/mol. The van der Waals surface area contributed by atoms with Crippen molar-refractivity contribution < 1.29 is 12.8 Å². The number of nitrogen functional groups attached to an aromatic ring is 1. The molecule has 3 N–H and O–H groups in total. The molecule has 0 heterocycles. The Labute approximate surface area is 120 Å². The highest BCUT2D eigenvalue weighted by atomic mass is 32.2. The van der Waals surface area contributed by atoms with Crippen molar-refractivity contribution in [3.63, 3.8) is 0 Å². The minimum absolute atomic E-state index is 0.216. The van der Waals surface area contributed by atoms with E-state index in [1.807, 2.05) is 6.92 Å². The normalized spacial score (nSPS) is 12.0. The lowest BCUT2D eigenvalue weighted by Crippen LogP contribution is -2.35. The largest absolute Gasteiger partial charge is 0.399 e. The van der Waals surface area contributed by atoms with E-state index in [1.54, 1.807) is 0 Å². The number of nitrogens with two attached hydrogens (primary N) is 1. The number of nitrogens with zero attached hydrogens (tertiary/aromatic N) is 1. The zero-order valence-corrected chi connectivity index (χ0v) is 12.7. The van der Waals surface area contributed by atoms with Crippen molar-refractivity contribution in [1.82, 2.24) is 9.62 Å². The van der Waals surface area contributed by atoms with Gasteiger partial charge in [0.15, 0.2) is 0 Å². The van der Waals surface area contributed by atoms with Gasteiger partial charge in [0.05, 0.1) is 0 Å². The number of anilines is 1. The van der Waals surface area contributed by atoms with Crippen molar-refractivity contribution in [2.75, 3.05) is 31.9 Å². The van der Waals surface area contributed by atoms with Crippen LogP contribution in [0.15, 0.2) is 23.1 Å². The summed E-state index contributed by atoms with van der Waals surface area (Å²) in [5.74, 6) is -0.799.